The summed E-state index contributed by atoms with van der Waals surface area (Å²) in [4.78, 5) is 11.9. The minimum absolute atomic E-state index is 0.239. The van der Waals surface area contributed by atoms with Crippen molar-refractivity contribution in [3.05, 3.63) is 70.8 Å². The molecule has 0 bridgehead atoms. The number of unbranched alkanes of at least 4 members (excludes halogenated alkanes) is 1. The lowest BCUT2D eigenvalue weighted by Gasteiger charge is -2.41. The molecule has 0 aliphatic heterocycles. The number of ether oxygens (including phenoxy) is 5. The van der Waals surface area contributed by atoms with Crippen LogP contribution >= 0.6 is 0 Å². The van der Waals surface area contributed by atoms with Gasteiger partial charge in [-0.2, -0.15) is 0 Å². The van der Waals surface area contributed by atoms with Crippen molar-refractivity contribution >= 4 is 5.97 Å². The van der Waals surface area contributed by atoms with Gasteiger partial charge in [0.05, 0.1) is 19.8 Å². The van der Waals surface area contributed by atoms with Gasteiger partial charge >= 0.3 is 5.97 Å². The van der Waals surface area contributed by atoms with Crippen molar-refractivity contribution < 1.29 is 28.5 Å². The number of fused-ring (bicyclic) bond motifs is 2. The number of carbonyl (C=O) groups excluding carboxylic acids is 1. The molecule has 224 valence electrons. The maximum absolute atomic E-state index is 11.9. The molecule has 0 N–H and O–H groups in total. The molecule has 4 rings (SSSR count). The fraction of sp³-hybridized carbons (Fsp3) is 0.571. The Bertz CT molecular complexity index is 1140. The fourth-order valence-electron chi connectivity index (χ4n) is 6.66. The van der Waals surface area contributed by atoms with E-state index in [2.05, 4.69) is 43.0 Å². The normalized spacial score (nSPS) is 19.9. The van der Waals surface area contributed by atoms with Gasteiger partial charge < -0.3 is 23.7 Å². The molecule has 0 aromatic heterocycles. The second-order valence-corrected chi connectivity index (χ2v) is 11.5. The van der Waals surface area contributed by atoms with E-state index < -0.39 is 0 Å². The maximum Gasteiger partial charge on any atom is 0.333 e. The molecule has 6 heteroatoms. The van der Waals surface area contributed by atoms with Crippen molar-refractivity contribution in [3.8, 4) is 11.5 Å². The number of methoxy groups -OCH3 is 2. The number of esters is 1. The molecular formula is C35H48O6. The average Bonchev–Trinajstić information content (AvgIpc) is 3.22. The first-order valence-corrected chi connectivity index (χ1v) is 15.3. The monoisotopic (exact) mass is 564 g/mol. The molecule has 1 saturated carbocycles. The molecule has 6 nitrogen and oxygen atoms in total. The van der Waals surface area contributed by atoms with E-state index in [0.717, 1.165) is 37.2 Å². The van der Waals surface area contributed by atoms with Gasteiger partial charge in [-0.15, -0.1) is 0 Å². The van der Waals surface area contributed by atoms with Crippen molar-refractivity contribution in [2.45, 2.75) is 70.6 Å². The fourth-order valence-corrected chi connectivity index (χ4v) is 6.66. The van der Waals surface area contributed by atoms with Gasteiger partial charge in [0.15, 0.2) is 0 Å². The van der Waals surface area contributed by atoms with Gasteiger partial charge in [0.25, 0.3) is 0 Å². The second kappa shape index (κ2) is 16.0. The van der Waals surface area contributed by atoms with Crippen LogP contribution in [0.4, 0.5) is 0 Å². The quantitative estimate of drug-likeness (QED) is 0.131. The van der Waals surface area contributed by atoms with E-state index in [-0.39, 0.29) is 11.9 Å². The van der Waals surface area contributed by atoms with Crippen LogP contribution in [0.2, 0.25) is 0 Å². The van der Waals surface area contributed by atoms with Gasteiger partial charge in [-0.1, -0.05) is 50.1 Å². The highest BCUT2D eigenvalue weighted by molar-refractivity contribution is 5.86. The topological polar surface area (TPSA) is 63.2 Å². The predicted molar refractivity (Wildman–Crippen MR) is 162 cm³/mol. The van der Waals surface area contributed by atoms with Gasteiger partial charge in [0, 0.05) is 36.8 Å². The van der Waals surface area contributed by atoms with Crippen LogP contribution in [0.15, 0.2) is 48.6 Å². The Kier molecular flexibility index (Phi) is 12.1. The molecule has 0 spiro atoms. The Hall–Kier alpha value is -2.83. The Morgan fingerprint density at radius 2 is 1.56 bits per heavy atom. The van der Waals surface area contributed by atoms with Crippen LogP contribution in [0.1, 0.15) is 80.0 Å². The molecule has 2 aliphatic rings. The van der Waals surface area contributed by atoms with Crippen molar-refractivity contribution in [3.63, 3.8) is 0 Å². The smallest absolute Gasteiger partial charge is 0.333 e. The molecule has 1 fully saturated rings. The zero-order valence-corrected chi connectivity index (χ0v) is 25.3. The Labute approximate surface area is 246 Å². The third-order valence-electron chi connectivity index (χ3n) is 8.60. The first-order chi connectivity index (χ1) is 20.0. The van der Waals surface area contributed by atoms with Crippen LogP contribution in [0.5, 0.6) is 11.5 Å². The van der Waals surface area contributed by atoms with E-state index in [4.69, 9.17) is 23.7 Å². The zero-order chi connectivity index (χ0) is 29.0. The first-order valence-electron chi connectivity index (χ1n) is 15.3. The van der Waals surface area contributed by atoms with Crippen LogP contribution in [0.3, 0.4) is 0 Å². The lowest BCUT2D eigenvalue weighted by molar-refractivity contribution is -0.139. The number of carbonyl (C=O) groups is 1. The highest BCUT2D eigenvalue weighted by atomic mass is 16.5. The maximum atomic E-state index is 11.9. The zero-order valence-electron chi connectivity index (χ0n) is 25.3. The molecule has 3 atom stereocenters. The van der Waals surface area contributed by atoms with E-state index in [9.17, 15) is 4.79 Å². The van der Waals surface area contributed by atoms with Gasteiger partial charge in [-0.05, 0) is 80.5 Å². The highest BCUT2D eigenvalue weighted by Crippen LogP contribution is 2.52. The molecule has 3 unspecified atom stereocenters. The highest BCUT2D eigenvalue weighted by Gasteiger charge is 2.40. The van der Waals surface area contributed by atoms with E-state index in [1.165, 1.54) is 54.4 Å². The van der Waals surface area contributed by atoms with Crippen LogP contribution in [-0.2, 0) is 31.8 Å². The minimum Gasteiger partial charge on any atom is -0.491 e. The van der Waals surface area contributed by atoms with Crippen molar-refractivity contribution in [2.24, 2.45) is 11.8 Å². The van der Waals surface area contributed by atoms with Gasteiger partial charge in [0.1, 0.15) is 24.7 Å². The van der Waals surface area contributed by atoms with E-state index in [0.29, 0.717) is 50.4 Å². The summed E-state index contributed by atoms with van der Waals surface area (Å²) in [6.45, 7) is 7.77. The Morgan fingerprint density at radius 3 is 2.32 bits per heavy atom. The summed E-state index contributed by atoms with van der Waals surface area (Å²) in [6.07, 6.45) is 9.98. The summed E-state index contributed by atoms with van der Waals surface area (Å²) in [7, 11) is 3.40. The van der Waals surface area contributed by atoms with Crippen molar-refractivity contribution in [1.29, 1.82) is 0 Å². The van der Waals surface area contributed by atoms with Crippen LogP contribution < -0.4 is 9.47 Å². The first kappa shape index (κ1) is 31.1. The largest absolute Gasteiger partial charge is 0.491 e. The average molecular weight is 565 g/mol. The van der Waals surface area contributed by atoms with Gasteiger partial charge in [-0.3, -0.25) is 0 Å². The van der Waals surface area contributed by atoms with Crippen molar-refractivity contribution in [1.82, 2.24) is 0 Å². The SMILES string of the molecule is C=C(C)C(=O)OCCCCc1c(OCCOC)ccc(OCCOC)c1C1c2ccccc2CC2CCCCCC21. The molecule has 2 aromatic rings. The lowest BCUT2D eigenvalue weighted by Crippen LogP contribution is -2.31. The van der Waals surface area contributed by atoms with Crippen LogP contribution in [0.25, 0.3) is 0 Å². The number of hydrogen-bond donors (Lipinski definition) is 0. The molecule has 2 aliphatic carbocycles. The third-order valence-corrected chi connectivity index (χ3v) is 8.60. The number of hydrogen-bond acceptors (Lipinski definition) is 6. The molecule has 0 saturated heterocycles. The summed E-state index contributed by atoms with van der Waals surface area (Å²) < 4.78 is 28.9. The summed E-state index contributed by atoms with van der Waals surface area (Å²) in [5.74, 6) is 2.94. The minimum atomic E-state index is -0.332. The summed E-state index contributed by atoms with van der Waals surface area (Å²) in [6, 6.07) is 13.2. The number of benzene rings is 2. The van der Waals surface area contributed by atoms with Crippen molar-refractivity contribution in [2.75, 3.05) is 47.3 Å². The Morgan fingerprint density at radius 1 is 0.854 bits per heavy atom. The standard InChI is InChI=1S/C35H48O6/c1-25(2)35(36)41-19-11-10-16-30-31(39-22-20-37-3)17-18-32(40-23-21-38-4)34(30)33-28-14-7-5-6-12-26(28)24-27-13-8-9-15-29(27)33/h8-9,13,15,17-18,26,28,33H,1,5-7,10-12,14,16,19-24H2,2-4H3. The molecule has 0 radical (unpaired) electrons. The molecule has 0 heterocycles. The van der Waals surface area contributed by atoms with Crippen LogP contribution in [0, 0.1) is 11.8 Å². The molecule has 2 aromatic carbocycles. The summed E-state index contributed by atoms with van der Waals surface area (Å²) >= 11 is 0. The molecule has 41 heavy (non-hydrogen) atoms. The summed E-state index contributed by atoms with van der Waals surface area (Å²) in [5.41, 5.74) is 5.78. The summed E-state index contributed by atoms with van der Waals surface area (Å²) in [5, 5.41) is 0. The van der Waals surface area contributed by atoms with E-state index in [1.807, 2.05) is 0 Å². The number of rotatable bonds is 15. The predicted octanol–water partition coefficient (Wildman–Crippen LogP) is 7.06. The van der Waals surface area contributed by atoms with Gasteiger partial charge in [0.2, 0.25) is 0 Å². The van der Waals surface area contributed by atoms with Crippen LogP contribution in [-0.4, -0.2) is 53.2 Å². The van der Waals surface area contributed by atoms with E-state index in [1.54, 1.807) is 21.1 Å². The lowest BCUT2D eigenvalue weighted by atomic mass is 9.64. The third kappa shape index (κ3) is 8.14. The second-order valence-electron chi connectivity index (χ2n) is 11.5. The van der Waals surface area contributed by atoms with Gasteiger partial charge in [-0.25, -0.2) is 4.79 Å². The molecule has 0 amide bonds. The Balaban J connectivity index is 1.76. The molecular weight excluding hydrogens is 516 g/mol. The van der Waals surface area contributed by atoms with E-state index >= 15 is 0 Å².